The maximum Gasteiger partial charge on any atom is 0.408 e. The van der Waals surface area contributed by atoms with Gasteiger partial charge >= 0.3 is 6.18 Å². The SMILES string of the molecule is CC(C)[C@H](NC(=O)Cn1ccc2cccc(Nc3ccc4c(cnn4C)c3)c2c1=O)C(F)(F)F. The van der Waals surface area contributed by atoms with Crippen LogP contribution in [0.25, 0.3) is 21.7 Å². The predicted molar refractivity (Wildman–Crippen MR) is 125 cm³/mol. The highest BCUT2D eigenvalue weighted by molar-refractivity contribution is 5.95. The van der Waals surface area contributed by atoms with Crippen LogP contribution in [-0.2, 0) is 18.4 Å². The lowest BCUT2D eigenvalue weighted by molar-refractivity contribution is -0.170. The molecule has 1 amide bonds. The lowest BCUT2D eigenvalue weighted by Crippen LogP contribution is -2.50. The molecule has 4 aromatic rings. The van der Waals surface area contributed by atoms with Crippen LogP contribution in [-0.4, -0.2) is 32.5 Å². The standard InChI is InChI=1S/C24H24F3N5O2/c1-14(2)22(24(25,26)27)30-20(33)13-32-10-9-15-5-4-6-18(21(15)23(32)34)29-17-7-8-19-16(11-17)12-28-31(19)3/h4-12,14,22,29H,13H2,1-3H3,(H,30,33)/t22-/m0/s1. The molecule has 0 aliphatic heterocycles. The van der Waals surface area contributed by atoms with Gasteiger partial charge in [0.05, 0.1) is 22.8 Å². The third-order valence-corrected chi connectivity index (χ3v) is 5.68. The Bertz CT molecular complexity index is 1420. The molecule has 0 unspecified atom stereocenters. The number of fused-ring (bicyclic) bond motifs is 2. The summed E-state index contributed by atoms with van der Waals surface area (Å²) in [5, 5.41) is 11.4. The summed E-state index contributed by atoms with van der Waals surface area (Å²) in [7, 11) is 1.84. The van der Waals surface area contributed by atoms with E-state index in [4.69, 9.17) is 0 Å². The summed E-state index contributed by atoms with van der Waals surface area (Å²) in [4.78, 5) is 25.6. The van der Waals surface area contributed by atoms with E-state index in [1.807, 2.05) is 30.6 Å². The second-order valence-electron chi connectivity index (χ2n) is 8.52. The van der Waals surface area contributed by atoms with Crippen LogP contribution in [0, 0.1) is 5.92 Å². The fourth-order valence-electron chi connectivity index (χ4n) is 3.96. The first-order chi connectivity index (χ1) is 16.0. The number of nitrogens with one attached hydrogen (secondary N) is 2. The summed E-state index contributed by atoms with van der Waals surface area (Å²) >= 11 is 0. The Kier molecular flexibility index (Phi) is 6.07. The highest BCUT2D eigenvalue weighted by Gasteiger charge is 2.42. The monoisotopic (exact) mass is 471 g/mol. The van der Waals surface area contributed by atoms with Gasteiger partial charge in [-0.25, -0.2) is 0 Å². The minimum absolute atomic E-state index is 0.334. The second-order valence-corrected chi connectivity index (χ2v) is 8.52. The number of anilines is 2. The number of halogens is 3. The van der Waals surface area contributed by atoms with Crippen LogP contribution in [0.15, 0.2) is 59.7 Å². The van der Waals surface area contributed by atoms with Gasteiger partial charge in [0, 0.05) is 24.3 Å². The molecule has 10 heteroatoms. The Hall–Kier alpha value is -3.82. The molecule has 2 aromatic heterocycles. The first-order valence-corrected chi connectivity index (χ1v) is 10.7. The molecule has 7 nitrogen and oxygen atoms in total. The third-order valence-electron chi connectivity index (χ3n) is 5.68. The molecule has 4 rings (SSSR count). The zero-order valence-electron chi connectivity index (χ0n) is 18.8. The molecule has 34 heavy (non-hydrogen) atoms. The summed E-state index contributed by atoms with van der Waals surface area (Å²) < 4.78 is 42.5. The van der Waals surface area contributed by atoms with Crippen LogP contribution >= 0.6 is 0 Å². The van der Waals surface area contributed by atoms with Gasteiger partial charge in [-0.05, 0) is 41.6 Å². The highest BCUT2D eigenvalue weighted by atomic mass is 19.4. The van der Waals surface area contributed by atoms with Crippen molar-refractivity contribution in [1.29, 1.82) is 0 Å². The van der Waals surface area contributed by atoms with Gasteiger partial charge in [0.2, 0.25) is 5.91 Å². The summed E-state index contributed by atoms with van der Waals surface area (Å²) in [5.41, 5.74) is 1.74. The number of pyridine rings is 1. The Balaban J connectivity index is 1.64. The number of hydrogen-bond acceptors (Lipinski definition) is 4. The molecule has 0 spiro atoms. The van der Waals surface area contributed by atoms with Crippen LogP contribution in [0.3, 0.4) is 0 Å². The van der Waals surface area contributed by atoms with Crippen LogP contribution in [0.2, 0.25) is 0 Å². The largest absolute Gasteiger partial charge is 0.408 e. The van der Waals surface area contributed by atoms with E-state index in [1.54, 1.807) is 35.1 Å². The molecule has 0 aliphatic rings. The summed E-state index contributed by atoms with van der Waals surface area (Å²) in [6.45, 7) is 2.23. The van der Waals surface area contributed by atoms with Crippen LogP contribution in [0.5, 0.6) is 0 Å². The summed E-state index contributed by atoms with van der Waals surface area (Å²) in [6, 6.07) is 10.6. The fraction of sp³-hybridized carbons (Fsp3) is 0.292. The average Bonchev–Trinajstić information content (AvgIpc) is 3.13. The number of rotatable bonds is 6. The quantitative estimate of drug-likeness (QED) is 0.439. The van der Waals surface area contributed by atoms with Gasteiger partial charge in [-0.2, -0.15) is 18.3 Å². The Labute approximate surface area is 193 Å². The Morgan fingerprint density at radius 2 is 1.88 bits per heavy atom. The minimum Gasteiger partial charge on any atom is -0.355 e. The molecule has 2 N–H and O–H groups in total. The number of aryl methyl sites for hydroxylation is 1. The van der Waals surface area contributed by atoms with Crippen molar-refractivity contribution in [3.05, 3.63) is 65.2 Å². The fourth-order valence-corrected chi connectivity index (χ4v) is 3.96. The van der Waals surface area contributed by atoms with Crippen molar-refractivity contribution in [2.75, 3.05) is 5.32 Å². The smallest absolute Gasteiger partial charge is 0.355 e. The highest BCUT2D eigenvalue weighted by Crippen LogP contribution is 2.27. The molecular formula is C24H24F3N5O2. The van der Waals surface area contributed by atoms with Crippen molar-refractivity contribution in [2.45, 2.75) is 32.6 Å². The van der Waals surface area contributed by atoms with Crippen molar-refractivity contribution < 1.29 is 18.0 Å². The molecule has 0 aliphatic carbocycles. The van der Waals surface area contributed by atoms with Gasteiger partial charge in [0.25, 0.3) is 5.56 Å². The lowest BCUT2D eigenvalue weighted by Gasteiger charge is -2.25. The number of nitrogens with zero attached hydrogens (tertiary/aromatic N) is 3. The van der Waals surface area contributed by atoms with Gasteiger partial charge in [0.15, 0.2) is 0 Å². The maximum absolute atomic E-state index is 13.2. The van der Waals surface area contributed by atoms with Gasteiger partial charge in [0.1, 0.15) is 12.6 Å². The zero-order chi connectivity index (χ0) is 24.6. The van der Waals surface area contributed by atoms with Crippen molar-refractivity contribution in [3.63, 3.8) is 0 Å². The van der Waals surface area contributed by atoms with Crippen molar-refractivity contribution >= 4 is 39.0 Å². The van der Waals surface area contributed by atoms with E-state index < -0.39 is 36.1 Å². The third kappa shape index (κ3) is 4.61. The Morgan fingerprint density at radius 1 is 1.12 bits per heavy atom. The normalized spacial score (nSPS) is 12.9. The Morgan fingerprint density at radius 3 is 2.59 bits per heavy atom. The van der Waals surface area contributed by atoms with Crippen molar-refractivity contribution in [1.82, 2.24) is 19.7 Å². The van der Waals surface area contributed by atoms with E-state index in [1.165, 1.54) is 20.0 Å². The predicted octanol–water partition coefficient (Wildman–Crippen LogP) is 4.33. The first-order valence-electron chi connectivity index (χ1n) is 10.7. The van der Waals surface area contributed by atoms with Gasteiger partial charge in [-0.1, -0.05) is 26.0 Å². The van der Waals surface area contributed by atoms with E-state index >= 15 is 0 Å². The number of carbonyl (C=O) groups excluding carboxylic acids is 1. The van der Waals surface area contributed by atoms with E-state index in [9.17, 15) is 22.8 Å². The molecular weight excluding hydrogens is 447 g/mol. The molecule has 0 radical (unpaired) electrons. The topological polar surface area (TPSA) is 81.0 Å². The van der Waals surface area contributed by atoms with Crippen LogP contribution in [0.4, 0.5) is 24.5 Å². The van der Waals surface area contributed by atoms with Crippen molar-refractivity contribution in [2.24, 2.45) is 13.0 Å². The molecule has 2 heterocycles. The number of alkyl halides is 3. The summed E-state index contributed by atoms with van der Waals surface area (Å²) in [6.07, 6.45) is -1.43. The molecule has 178 valence electrons. The molecule has 0 saturated carbocycles. The number of hydrogen-bond donors (Lipinski definition) is 2. The van der Waals surface area contributed by atoms with Gasteiger partial charge in [-0.3, -0.25) is 14.3 Å². The van der Waals surface area contributed by atoms with Gasteiger partial charge < -0.3 is 15.2 Å². The lowest BCUT2D eigenvalue weighted by atomic mass is 10.0. The molecule has 0 saturated heterocycles. The average molecular weight is 471 g/mol. The van der Waals surface area contributed by atoms with Gasteiger partial charge in [-0.15, -0.1) is 0 Å². The molecule has 2 aromatic carbocycles. The van der Waals surface area contributed by atoms with E-state index in [2.05, 4.69) is 10.4 Å². The number of carbonyl (C=O) groups is 1. The molecule has 0 bridgehead atoms. The number of amides is 1. The van der Waals surface area contributed by atoms with Crippen LogP contribution in [0.1, 0.15) is 13.8 Å². The molecule has 0 fully saturated rings. The van der Waals surface area contributed by atoms with Crippen LogP contribution < -0.4 is 16.2 Å². The number of benzene rings is 2. The van der Waals surface area contributed by atoms with E-state index in [0.717, 1.165) is 21.2 Å². The van der Waals surface area contributed by atoms with E-state index in [0.29, 0.717) is 16.5 Å². The second kappa shape index (κ2) is 8.85. The molecule has 1 atom stereocenters. The zero-order valence-corrected chi connectivity index (χ0v) is 18.8. The van der Waals surface area contributed by atoms with Crippen molar-refractivity contribution in [3.8, 4) is 0 Å². The van der Waals surface area contributed by atoms with E-state index in [-0.39, 0.29) is 0 Å². The minimum atomic E-state index is -4.58. The maximum atomic E-state index is 13.2. The summed E-state index contributed by atoms with van der Waals surface area (Å²) in [5.74, 6) is -1.73. The first kappa shape index (κ1) is 23.3. The number of aromatic nitrogens is 3.